The van der Waals surface area contributed by atoms with E-state index in [0.29, 0.717) is 5.82 Å². The molecule has 1 rings (SSSR count). The van der Waals surface area contributed by atoms with Crippen molar-refractivity contribution in [2.24, 2.45) is 0 Å². The fourth-order valence-electron chi connectivity index (χ4n) is 0.906. The van der Waals surface area contributed by atoms with E-state index in [1.807, 2.05) is 19.1 Å². The van der Waals surface area contributed by atoms with E-state index in [4.69, 9.17) is 5.73 Å². The lowest BCUT2D eigenvalue weighted by Gasteiger charge is -1.99. The molecule has 0 aliphatic rings. The summed E-state index contributed by atoms with van der Waals surface area (Å²) < 4.78 is 0. The fraction of sp³-hybridized carbons (Fsp3) is 0.222. The van der Waals surface area contributed by atoms with Crippen molar-refractivity contribution < 1.29 is 0 Å². The molecule has 0 spiro atoms. The molecule has 2 heteroatoms. The van der Waals surface area contributed by atoms with E-state index in [1.54, 1.807) is 6.07 Å². The maximum absolute atomic E-state index is 5.49. The van der Waals surface area contributed by atoms with Crippen LogP contribution in [0.15, 0.2) is 30.4 Å². The number of aromatic nitrogens is 1. The topological polar surface area (TPSA) is 38.9 Å². The van der Waals surface area contributed by atoms with Gasteiger partial charge in [-0.3, -0.25) is 0 Å². The SMILES string of the molecule is C=C(C)Cc1cccc(N)n1. The number of nitrogens with zero attached hydrogens (tertiary/aromatic N) is 1. The second kappa shape index (κ2) is 3.19. The Morgan fingerprint density at radius 3 is 2.91 bits per heavy atom. The minimum Gasteiger partial charge on any atom is -0.384 e. The third-order valence-electron chi connectivity index (χ3n) is 1.31. The second-order valence-corrected chi connectivity index (χ2v) is 2.69. The zero-order valence-corrected chi connectivity index (χ0v) is 6.67. The van der Waals surface area contributed by atoms with Gasteiger partial charge >= 0.3 is 0 Å². The summed E-state index contributed by atoms with van der Waals surface area (Å²) in [7, 11) is 0. The summed E-state index contributed by atoms with van der Waals surface area (Å²) >= 11 is 0. The van der Waals surface area contributed by atoms with Crippen molar-refractivity contribution in [2.75, 3.05) is 5.73 Å². The van der Waals surface area contributed by atoms with Crippen LogP contribution in [0.2, 0.25) is 0 Å². The molecule has 0 aromatic carbocycles. The Balaban J connectivity index is 2.79. The minimum atomic E-state index is 0.573. The van der Waals surface area contributed by atoms with Crippen LogP contribution in [0.3, 0.4) is 0 Å². The van der Waals surface area contributed by atoms with Gasteiger partial charge in [0, 0.05) is 12.1 Å². The van der Waals surface area contributed by atoms with Crippen LogP contribution in [-0.2, 0) is 6.42 Å². The van der Waals surface area contributed by atoms with Crippen LogP contribution in [-0.4, -0.2) is 4.98 Å². The van der Waals surface area contributed by atoms with Crippen LogP contribution >= 0.6 is 0 Å². The first-order chi connectivity index (χ1) is 5.18. The molecule has 0 atom stereocenters. The van der Waals surface area contributed by atoms with Crippen LogP contribution in [0.5, 0.6) is 0 Å². The number of nitrogen functional groups attached to an aromatic ring is 1. The average molecular weight is 148 g/mol. The van der Waals surface area contributed by atoms with Gasteiger partial charge in [0.15, 0.2) is 0 Å². The Morgan fingerprint density at radius 1 is 1.64 bits per heavy atom. The lowest BCUT2D eigenvalue weighted by Crippen LogP contribution is -1.95. The van der Waals surface area contributed by atoms with Crippen LogP contribution < -0.4 is 5.73 Å². The first-order valence-electron chi connectivity index (χ1n) is 3.54. The van der Waals surface area contributed by atoms with Crippen molar-refractivity contribution >= 4 is 5.82 Å². The molecule has 0 aliphatic heterocycles. The number of rotatable bonds is 2. The van der Waals surface area contributed by atoms with Crippen molar-refractivity contribution in [3.05, 3.63) is 36.0 Å². The van der Waals surface area contributed by atoms with Gasteiger partial charge in [-0.25, -0.2) is 4.98 Å². The molecule has 11 heavy (non-hydrogen) atoms. The van der Waals surface area contributed by atoms with Crippen molar-refractivity contribution in [1.29, 1.82) is 0 Å². The van der Waals surface area contributed by atoms with Crippen LogP contribution in [0.25, 0.3) is 0 Å². The van der Waals surface area contributed by atoms with Gasteiger partial charge in [0.1, 0.15) is 5.82 Å². The standard InChI is InChI=1S/C9H12N2/c1-7(2)6-8-4-3-5-9(10)11-8/h3-5H,1,6H2,2H3,(H2,10,11). The molecule has 0 saturated carbocycles. The van der Waals surface area contributed by atoms with E-state index in [2.05, 4.69) is 11.6 Å². The molecule has 2 nitrogen and oxygen atoms in total. The number of hydrogen-bond acceptors (Lipinski definition) is 2. The third-order valence-corrected chi connectivity index (χ3v) is 1.31. The lowest BCUT2D eigenvalue weighted by molar-refractivity contribution is 1.06. The van der Waals surface area contributed by atoms with Crippen LogP contribution in [0.4, 0.5) is 5.82 Å². The second-order valence-electron chi connectivity index (χ2n) is 2.69. The molecule has 0 aliphatic carbocycles. The number of hydrogen-bond donors (Lipinski definition) is 1. The molecular formula is C9H12N2. The lowest BCUT2D eigenvalue weighted by atomic mass is 10.2. The molecule has 0 fully saturated rings. The molecule has 58 valence electrons. The molecule has 0 amide bonds. The fourth-order valence-corrected chi connectivity index (χ4v) is 0.906. The monoisotopic (exact) mass is 148 g/mol. The zero-order chi connectivity index (χ0) is 8.27. The summed E-state index contributed by atoms with van der Waals surface area (Å²) in [5, 5.41) is 0. The van der Waals surface area contributed by atoms with E-state index in [9.17, 15) is 0 Å². The van der Waals surface area contributed by atoms with Crippen molar-refractivity contribution in [2.45, 2.75) is 13.3 Å². The molecule has 2 N–H and O–H groups in total. The van der Waals surface area contributed by atoms with E-state index in [1.165, 1.54) is 0 Å². The van der Waals surface area contributed by atoms with Crippen LogP contribution in [0.1, 0.15) is 12.6 Å². The Hall–Kier alpha value is -1.31. The van der Waals surface area contributed by atoms with Gasteiger partial charge in [-0.05, 0) is 19.1 Å². The molecule has 1 aromatic rings. The summed E-state index contributed by atoms with van der Waals surface area (Å²) in [4.78, 5) is 4.13. The van der Waals surface area contributed by atoms with E-state index < -0.39 is 0 Å². The maximum atomic E-state index is 5.49. The molecule has 0 bridgehead atoms. The van der Waals surface area contributed by atoms with Gasteiger partial charge in [0.2, 0.25) is 0 Å². The first kappa shape index (κ1) is 7.79. The molecule has 0 radical (unpaired) electrons. The zero-order valence-electron chi connectivity index (χ0n) is 6.67. The number of anilines is 1. The Morgan fingerprint density at radius 2 is 2.36 bits per heavy atom. The van der Waals surface area contributed by atoms with Crippen molar-refractivity contribution in [3.8, 4) is 0 Å². The smallest absolute Gasteiger partial charge is 0.123 e. The Labute approximate surface area is 66.8 Å². The quantitative estimate of drug-likeness (QED) is 0.649. The van der Waals surface area contributed by atoms with Crippen LogP contribution in [0, 0.1) is 0 Å². The highest BCUT2D eigenvalue weighted by atomic mass is 14.8. The molecular weight excluding hydrogens is 136 g/mol. The average Bonchev–Trinajstić information content (AvgIpc) is 1.85. The third kappa shape index (κ3) is 2.42. The molecule has 0 saturated heterocycles. The largest absolute Gasteiger partial charge is 0.384 e. The van der Waals surface area contributed by atoms with E-state index in [-0.39, 0.29) is 0 Å². The van der Waals surface area contributed by atoms with Gasteiger partial charge in [-0.1, -0.05) is 18.2 Å². The summed E-state index contributed by atoms with van der Waals surface area (Å²) in [6, 6.07) is 5.63. The van der Waals surface area contributed by atoms with Crippen molar-refractivity contribution in [3.63, 3.8) is 0 Å². The van der Waals surface area contributed by atoms with Crippen molar-refractivity contribution in [1.82, 2.24) is 4.98 Å². The minimum absolute atomic E-state index is 0.573. The molecule has 1 aromatic heterocycles. The normalized spacial score (nSPS) is 9.55. The van der Waals surface area contributed by atoms with E-state index >= 15 is 0 Å². The van der Waals surface area contributed by atoms with E-state index in [0.717, 1.165) is 17.7 Å². The number of nitrogens with two attached hydrogens (primary N) is 1. The highest BCUT2D eigenvalue weighted by Crippen LogP contribution is 2.04. The summed E-state index contributed by atoms with van der Waals surface area (Å²) in [6.07, 6.45) is 0.811. The maximum Gasteiger partial charge on any atom is 0.123 e. The highest BCUT2D eigenvalue weighted by Gasteiger charge is 1.93. The highest BCUT2D eigenvalue weighted by molar-refractivity contribution is 5.29. The van der Waals surface area contributed by atoms with Gasteiger partial charge in [0.05, 0.1) is 0 Å². The predicted molar refractivity (Wildman–Crippen MR) is 47.2 cm³/mol. The first-order valence-corrected chi connectivity index (χ1v) is 3.54. The number of allylic oxidation sites excluding steroid dienone is 1. The van der Waals surface area contributed by atoms with Gasteiger partial charge < -0.3 is 5.73 Å². The number of pyridine rings is 1. The van der Waals surface area contributed by atoms with Gasteiger partial charge in [-0.15, -0.1) is 0 Å². The molecule has 1 heterocycles. The Kier molecular flexibility index (Phi) is 2.26. The Bertz CT molecular complexity index is 266. The molecule has 0 unspecified atom stereocenters. The summed E-state index contributed by atoms with van der Waals surface area (Å²) in [6.45, 7) is 5.78. The van der Waals surface area contributed by atoms with Gasteiger partial charge in [-0.2, -0.15) is 0 Å². The summed E-state index contributed by atoms with van der Waals surface area (Å²) in [5.74, 6) is 0.573. The van der Waals surface area contributed by atoms with Gasteiger partial charge in [0.25, 0.3) is 0 Å². The predicted octanol–water partition coefficient (Wildman–Crippen LogP) is 1.78. The summed E-state index contributed by atoms with van der Waals surface area (Å²) in [5.41, 5.74) is 7.58.